The Morgan fingerprint density at radius 3 is 2.87 bits per heavy atom. The van der Waals surface area contributed by atoms with Crippen LogP contribution in [0.15, 0.2) is 36.8 Å². The van der Waals surface area contributed by atoms with E-state index in [-0.39, 0.29) is 5.69 Å². The van der Waals surface area contributed by atoms with E-state index in [1.165, 1.54) is 12.4 Å². The third kappa shape index (κ3) is 2.25. The van der Waals surface area contributed by atoms with Gasteiger partial charge in [0.25, 0.3) is 0 Å². The second-order valence-electron chi connectivity index (χ2n) is 2.74. The van der Waals surface area contributed by atoms with Crippen molar-refractivity contribution in [1.82, 2.24) is 15.0 Å². The zero-order chi connectivity index (χ0) is 10.5. The summed E-state index contributed by atoms with van der Waals surface area (Å²) in [7, 11) is 0. The van der Waals surface area contributed by atoms with Crippen LogP contribution in [0, 0.1) is 11.3 Å². The van der Waals surface area contributed by atoms with Crippen LogP contribution in [0.25, 0.3) is 0 Å². The minimum atomic E-state index is 0.274. The van der Waals surface area contributed by atoms with E-state index in [9.17, 15) is 0 Å². The number of anilines is 2. The van der Waals surface area contributed by atoms with Crippen molar-refractivity contribution in [3.05, 3.63) is 42.5 Å². The molecule has 0 aliphatic carbocycles. The van der Waals surface area contributed by atoms with Crippen molar-refractivity contribution in [3.8, 4) is 6.07 Å². The normalized spacial score (nSPS) is 9.27. The van der Waals surface area contributed by atoms with E-state index < -0.39 is 0 Å². The van der Waals surface area contributed by atoms with Gasteiger partial charge in [0.05, 0.1) is 12.4 Å². The zero-order valence-electron chi connectivity index (χ0n) is 7.75. The minimum Gasteiger partial charge on any atom is -0.324 e. The van der Waals surface area contributed by atoms with Crippen LogP contribution in [0.1, 0.15) is 5.69 Å². The quantitative estimate of drug-likeness (QED) is 0.789. The van der Waals surface area contributed by atoms with Gasteiger partial charge in [0.15, 0.2) is 11.5 Å². The van der Waals surface area contributed by atoms with Gasteiger partial charge in [-0.3, -0.25) is 4.98 Å². The SMILES string of the molecule is N#Cc1cncc(Nc2ccccn2)n1. The molecular weight excluding hydrogens is 190 g/mol. The molecule has 0 saturated heterocycles. The van der Waals surface area contributed by atoms with Crippen LogP contribution in [0.4, 0.5) is 11.6 Å². The first kappa shape index (κ1) is 9.09. The van der Waals surface area contributed by atoms with Crippen LogP contribution in [-0.4, -0.2) is 15.0 Å². The molecule has 1 N–H and O–H groups in total. The van der Waals surface area contributed by atoms with Gasteiger partial charge in [-0.05, 0) is 12.1 Å². The first-order valence-electron chi connectivity index (χ1n) is 4.29. The maximum atomic E-state index is 8.63. The smallest absolute Gasteiger partial charge is 0.161 e. The summed E-state index contributed by atoms with van der Waals surface area (Å²) in [5, 5.41) is 11.6. The summed E-state index contributed by atoms with van der Waals surface area (Å²) in [5.41, 5.74) is 0.274. The number of pyridine rings is 1. The van der Waals surface area contributed by atoms with Gasteiger partial charge in [0, 0.05) is 6.20 Å². The predicted octanol–water partition coefficient (Wildman–Crippen LogP) is 1.49. The van der Waals surface area contributed by atoms with Gasteiger partial charge in [-0.2, -0.15) is 5.26 Å². The van der Waals surface area contributed by atoms with Gasteiger partial charge in [-0.25, -0.2) is 9.97 Å². The lowest BCUT2D eigenvalue weighted by atomic mass is 10.4. The summed E-state index contributed by atoms with van der Waals surface area (Å²) in [4.78, 5) is 12.0. The standard InChI is InChI=1S/C10H7N5/c11-5-8-6-12-7-10(14-8)15-9-3-1-2-4-13-9/h1-4,6-7H,(H,13,14,15). The number of nitriles is 1. The Balaban J connectivity index is 2.22. The number of hydrogen-bond acceptors (Lipinski definition) is 5. The molecule has 15 heavy (non-hydrogen) atoms. The maximum Gasteiger partial charge on any atom is 0.161 e. The number of rotatable bonds is 2. The van der Waals surface area contributed by atoms with Gasteiger partial charge < -0.3 is 5.32 Å². The fraction of sp³-hybridized carbons (Fsp3) is 0. The molecule has 0 fully saturated rings. The van der Waals surface area contributed by atoms with Crippen molar-refractivity contribution in [2.24, 2.45) is 0 Å². The highest BCUT2D eigenvalue weighted by Crippen LogP contribution is 2.09. The van der Waals surface area contributed by atoms with Gasteiger partial charge in [0.1, 0.15) is 11.9 Å². The molecule has 0 spiro atoms. The highest BCUT2D eigenvalue weighted by atomic mass is 15.1. The Morgan fingerprint density at radius 2 is 2.13 bits per heavy atom. The first-order chi connectivity index (χ1) is 7.38. The van der Waals surface area contributed by atoms with Crippen molar-refractivity contribution in [2.45, 2.75) is 0 Å². The molecule has 0 aliphatic rings. The Hall–Kier alpha value is -2.48. The molecule has 0 aliphatic heterocycles. The van der Waals surface area contributed by atoms with Crippen LogP contribution >= 0.6 is 0 Å². The second-order valence-corrected chi connectivity index (χ2v) is 2.74. The molecule has 2 aromatic heterocycles. The lowest BCUT2D eigenvalue weighted by Crippen LogP contribution is -1.97. The average Bonchev–Trinajstić information content (AvgIpc) is 2.31. The monoisotopic (exact) mass is 197 g/mol. The van der Waals surface area contributed by atoms with E-state index in [4.69, 9.17) is 5.26 Å². The Morgan fingerprint density at radius 1 is 1.20 bits per heavy atom. The van der Waals surface area contributed by atoms with Crippen LogP contribution in [0.5, 0.6) is 0 Å². The van der Waals surface area contributed by atoms with Crippen molar-refractivity contribution >= 4 is 11.6 Å². The fourth-order valence-corrected chi connectivity index (χ4v) is 1.05. The molecule has 0 unspecified atom stereocenters. The molecule has 0 saturated carbocycles. The van der Waals surface area contributed by atoms with Crippen LogP contribution in [-0.2, 0) is 0 Å². The Labute approximate surface area is 86.5 Å². The van der Waals surface area contributed by atoms with Crippen molar-refractivity contribution < 1.29 is 0 Å². The number of hydrogen-bond donors (Lipinski definition) is 1. The fourth-order valence-electron chi connectivity index (χ4n) is 1.05. The molecule has 0 radical (unpaired) electrons. The van der Waals surface area contributed by atoms with Gasteiger partial charge in [-0.1, -0.05) is 6.07 Å². The lowest BCUT2D eigenvalue weighted by molar-refractivity contribution is 1.15. The van der Waals surface area contributed by atoms with E-state index in [2.05, 4.69) is 20.3 Å². The third-order valence-corrected chi connectivity index (χ3v) is 1.67. The zero-order valence-corrected chi connectivity index (χ0v) is 7.75. The van der Waals surface area contributed by atoms with Crippen molar-refractivity contribution in [3.63, 3.8) is 0 Å². The van der Waals surface area contributed by atoms with Crippen molar-refractivity contribution in [1.29, 1.82) is 5.26 Å². The molecule has 2 heterocycles. The van der Waals surface area contributed by atoms with Crippen LogP contribution in [0.2, 0.25) is 0 Å². The molecule has 2 rings (SSSR count). The Kier molecular flexibility index (Phi) is 2.52. The summed E-state index contributed by atoms with van der Waals surface area (Å²) in [5.74, 6) is 1.18. The number of nitrogens with one attached hydrogen (secondary N) is 1. The Bertz CT molecular complexity index is 489. The first-order valence-corrected chi connectivity index (χ1v) is 4.29. The second kappa shape index (κ2) is 4.15. The average molecular weight is 197 g/mol. The van der Waals surface area contributed by atoms with E-state index in [1.54, 1.807) is 12.3 Å². The molecule has 0 amide bonds. The third-order valence-electron chi connectivity index (χ3n) is 1.67. The van der Waals surface area contributed by atoms with Gasteiger partial charge >= 0.3 is 0 Å². The highest BCUT2D eigenvalue weighted by Gasteiger charge is 1.98. The molecule has 72 valence electrons. The maximum absolute atomic E-state index is 8.63. The summed E-state index contributed by atoms with van der Waals surface area (Å²) in [6, 6.07) is 7.41. The topological polar surface area (TPSA) is 74.5 Å². The minimum absolute atomic E-state index is 0.274. The molecule has 0 bridgehead atoms. The van der Waals surface area contributed by atoms with Crippen molar-refractivity contribution in [2.75, 3.05) is 5.32 Å². The molecule has 5 nitrogen and oxygen atoms in total. The van der Waals surface area contributed by atoms with Crippen LogP contribution in [0.3, 0.4) is 0 Å². The highest BCUT2D eigenvalue weighted by molar-refractivity contribution is 5.50. The van der Waals surface area contributed by atoms with E-state index in [0.717, 1.165) is 0 Å². The molecule has 0 atom stereocenters. The van der Waals surface area contributed by atoms with Gasteiger partial charge in [-0.15, -0.1) is 0 Å². The molecule has 2 aromatic rings. The van der Waals surface area contributed by atoms with Crippen LogP contribution < -0.4 is 5.32 Å². The summed E-state index contributed by atoms with van der Waals surface area (Å²) in [6.07, 6.45) is 4.61. The molecular formula is C10H7N5. The van der Waals surface area contributed by atoms with E-state index in [1.807, 2.05) is 18.2 Å². The molecule has 5 heteroatoms. The number of nitrogens with zero attached hydrogens (tertiary/aromatic N) is 4. The summed E-state index contributed by atoms with van der Waals surface area (Å²) >= 11 is 0. The molecule has 0 aromatic carbocycles. The summed E-state index contributed by atoms with van der Waals surface area (Å²) in [6.45, 7) is 0. The largest absolute Gasteiger partial charge is 0.324 e. The van der Waals surface area contributed by atoms with Gasteiger partial charge in [0.2, 0.25) is 0 Å². The number of aromatic nitrogens is 3. The predicted molar refractivity (Wildman–Crippen MR) is 54.3 cm³/mol. The summed E-state index contributed by atoms with van der Waals surface area (Å²) < 4.78 is 0. The van der Waals surface area contributed by atoms with E-state index in [0.29, 0.717) is 11.6 Å². The lowest BCUT2D eigenvalue weighted by Gasteiger charge is -2.02. The van der Waals surface area contributed by atoms with E-state index >= 15 is 0 Å².